The van der Waals surface area contributed by atoms with E-state index in [2.05, 4.69) is 15.0 Å². The van der Waals surface area contributed by atoms with Crippen LogP contribution in [0.15, 0.2) is 35.3 Å². The molecule has 5 aliphatic rings. The molecule has 14 heteroatoms. The second-order valence-corrected chi connectivity index (χ2v) is 16.9. The zero-order chi connectivity index (χ0) is 34.5. The number of fused-ring (bicyclic) bond motifs is 3. The molecular formula is C35H43N5O7S2. The van der Waals surface area contributed by atoms with E-state index in [-0.39, 0.29) is 18.2 Å². The number of sulfonamides is 1. The van der Waals surface area contributed by atoms with Crippen LogP contribution in [-0.2, 0) is 24.4 Å². The van der Waals surface area contributed by atoms with Gasteiger partial charge in [0.1, 0.15) is 28.2 Å². The molecule has 1 aromatic heterocycles. The van der Waals surface area contributed by atoms with Crippen LogP contribution < -0.4 is 19.5 Å². The Bertz CT molecular complexity index is 1860. The zero-order valence-electron chi connectivity index (χ0n) is 28.1. The van der Waals surface area contributed by atoms with Gasteiger partial charge in [-0.1, -0.05) is 12.2 Å². The van der Waals surface area contributed by atoms with Crippen molar-refractivity contribution in [3.05, 3.63) is 41.6 Å². The van der Waals surface area contributed by atoms with Crippen LogP contribution >= 0.6 is 11.8 Å². The number of aromatic nitrogens is 1. The summed E-state index contributed by atoms with van der Waals surface area (Å²) in [5.74, 6) is -0.914. The Kier molecular flexibility index (Phi) is 9.14. The summed E-state index contributed by atoms with van der Waals surface area (Å²) < 4.78 is 40.0. The van der Waals surface area contributed by atoms with E-state index in [4.69, 9.17) is 14.5 Å². The molecule has 49 heavy (non-hydrogen) atoms. The lowest BCUT2D eigenvalue weighted by molar-refractivity contribution is -0.140. The summed E-state index contributed by atoms with van der Waals surface area (Å²) in [4.78, 5) is 53.0. The minimum Gasteiger partial charge on any atom is -0.496 e. The van der Waals surface area contributed by atoms with E-state index in [0.29, 0.717) is 56.0 Å². The third-order valence-corrected chi connectivity index (χ3v) is 13.3. The lowest BCUT2D eigenvalue weighted by Gasteiger charge is -2.26. The number of amides is 3. The van der Waals surface area contributed by atoms with E-state index in [9.17, 15) is 22.8 Å². The first-order valence-electron chi connectivity index (χ1n) is 17.1. The lowest BCUT2D eigenvalue weighted by Crippen LogP contribution is -2.54. The molecule has 2 aliphatic heterocycles. The molecule has 1 aromatic carbocycles. The Balaban J connectivity index is 1.20. The Morgan fingerprint density at radius 3 is 2.67 bits per heavy atom. The van der Waals surface area contributed by atoms with Crippen molar-refractivity contribution in [2.45, 2.75) is 75.2 Å². The number of aliphatic imine (C=N–C) groups is 1. The molecule has 3 fully saturated rings. The summed E-state index contributed by atoms with van der Waals surface area (Å²) >= 11 is 1.64. The fourth-order valence-corrected chi connectivity index (χ4v) is 9.54. The van der Waals surface area contributed by atoms with Crippen molar-refractivity contribution in [3.8, 4) is 11.5 Å². The van der Waals surface area contributed by atoms with Crippen molar-refractivity contribution in [2.24, 2.45) is 22.7 Å². The van der Waals surface area contributed by atoms with Crippen LogP contribution in [0.25, 0.3) is 10.9 Å². The van der Waals surface area contributed by atoms with E-state index in [1.54, 1.807) is 30.8 Å². The van der Waals surface area contributed by atoms with Gasteiger partial charge in [0.15, 0.2) is 0 Å². The van der Waals surface area contributed by atoms with Crippen molar-refractivity contribution in [1.29, 1.82) is 0 Å². The van der Waals surface area contributed by atoms with Crippen molar-refractivity contribution in [1.82, 2.24) is 19.9 Å². The monoisotopic (exact) mass is 709 g/mol. The van der Waals surface area contributed by atoms with Crippen LogP contribution in [-0.4, -0.2) is 91.0 Å². The smallest absolute Gasteiger partial charge is 0.259 e. The first kappa shape index (κ1) is 33.8. The number of carbonyl (C=O) groups excluding carboxylic acids is 3. The number of carbonyl (C=O) groups is 3. The van der Waals surface area contributed by atoms with Gasteiger partial charge in [-0.3, -0.25) is 24.1 Å². The third kappa shape index (κ3) is 6.65. The molecule has 2 aromatic rings. The van der Waals surface area contributed by atoms with Crippen LogP contribution in [0.3, 0.4) is 0 Å². The number of rotatable bonds is 7. The highest BCUT2D eigenvalue weighted by Crippen LogP contribution is 2.47. The van der Waals surface area contributed by atoms with Crippen LogP contribution in [0.2, 0.25) is 0 Å². The number of pyridine rings is 1. The van der Waals surface area contributed by atoms with Crippen LogP contribution in [0, 0.1) is 24.7 Å². The van der Waals surface area contributed by atoms with Gasteiger partial charge < -0.3 is 19.7 Å². The van der Waals surface area contributed by atoms with Gasteiger partial charge in [0.25, 0.3) is 5.91 Å². The number of nitrogens with one attached hydrogen (secondary N) is 2. The number of allylic oxidation sites excluding steroid dienone is 1. The molecule has 0 bridgehead atoms. The predicted molar refractivity (Wildman–Crippen MR) is 187 cm³/mol. The highest BCUT2D eigenvalue weighted by atomic mass is 32.2. The van der Waals surface area contributed by atoms with E-state index >= 15 is 0 Å². The quantitative estimate of drug-likeness (QED) is 0.411. The van der Waals surface area contributed by atoms with E-state index in [1.165, 1.54) is 0 Å². The Hall–Kier alpha value is -3.65. The zero-order valence-corrected chi connectivity index (χ0v) is 29.7. The number of hydrogen-bond acceptors (Lipinski definition) is 10. The highest BCUT2D eigenvalue weighted by molar-refractivity contribution is 8.14. The second kappa shape index (κ2) is 13.2. The van der Waals surface area contributed by atoms with Gasteiger partial charge in [-0.25, -0.2) is 13.4 Å². The molecule has 0 spiro atoms. The molecule has 7 rings (SSSR count). The number of nitrogens with zero attached hydrogens (tertiary/aromatic N) is 3. The van der Waals surface area contributed by atoms with Crippen LogP contribution in [0.5, 0.6) is 11.5 Å². The minimum atomic E-state index is -3.82. The maximum absolute atomic E-state index is 14.2. The van der Waals surface area contributed by atoms with Gasteiger partial charge in [-0.15, -0.1) is 11.8 Å². The number of methoxy groups -OCH3 is 1. The number of benzene rings is 1. The lowest BCUT2D eigenvalue weighted by atomic mass is 9.93. The molecular weight excluding hydrogens is 667 g/mol. The summed E-state index contributed by atoms with van der Waals surface area (Å²) in [5, 5.41) is 4.01. The normalized spacial score (nSPS) is 29.7. The Labute approximate surface area is 290 Å². The fourth-order valence-electron chi connectivity index (χ4n) is 7.37. The molecule has 2 N–H and O–H groups in total. The summed E-state index contributed by atoms with van der Waals surface area (Å²) in [7, 11) is -0.432. The van der Waals surface area contributed by atoms with Crippen molar-refractivity contribution < 1.29 is 32.3 Å². The SMILES string of the molecule is COc1ccc2c(O[C@@H]3C[C@H]4C(=O)N[C@]5(C(=O)NS(=O)(=O)C6CC6)C[C@H]5/C=C\CCCCN(C)C(=O)[C@@H]4C3)cc(C3=NCCS3)nc2c1C. The molecule has 3 heterocycles. The number of thioether (sulfide) groups is 1. The van der Waals surface area contributed by atoms with Gasteiger partial charge >= 0.3 is 0 Å². The van der Waals surface area contributed by atoms with Crippen LogP contribution in [0.4, 0.5) is 0 Å². The minimum absolute atomic E-state index is 0.140. The first-order chi connectivity index (χ1) is 23.5. The average Bonchev–Trinajstić information content (AvgIpc) is 3.94. The van der Waals surface area contributed by atoms with E-state index < -0.39 is 50.6 Å². The standard InChI is InChI=1S/C35H43N5O7S2/c1-20-28(46-3)12-11-24-29(18-27(37-30(20)24)32-36-13-15-48-32)47-22-16-25-26(17-22)33(42)40(2)14-7-5-4-6-8-21-19-35(21,38-31(25)41)34(43)39-49(44,45)23-9-10-23/h6,8,11-12,18,21-23,25-26H,4-5,7,9-10,13-17,19H2,1-3H3,(H,38,41)(H,39,43)/b8-6-/t21-,22-,25-,26-,35-/m1/s1. The van der Waals surface area contributed by atoms with Crippen LogP contribution in [0.1, 0.15) is 62.6 Å². The first-order valence-corrected chi connectivity index (χ1v) is 19.7. The van der Waals surface area contributed by atoms with Gasteiger partial charge in [0.05, 0.1) is 35.4 Å². The van der Waals surface area contributed by atoms with E-state index in [0.717, 1.165) is 46.5 Å². The summed E-state index contributed by atoms with van der Waals surface area (Å²) in [5.41, 5.74) is 0.916. The molecule has 12 nitrogen and oxygen atoms in total. The Morgan fingerprint density at radius 2 is 1.94 bits per heavy atom. The van der Waals surface area contributed by atoms with Gasteiger partial charge in [-0.2, -0.15) is 0 Å². The largest absolute Gasteiger partial charge is 0.496 e. The Morgan fingerprint density at radius 1 is 1.14 bits per heavy atom. The molecule has 0 radical (unpaired) electrons. The molecule has 0 saturated heterocycles. The molecule has 3 amide bonds. The van der Waals surface area contributed by atoms with Gasteiger partial charge in [0.2, 0.25) is 21.8 Å². The maximum Gasteiger partial charge on any atom is 0.259 e. The second-order valence-electron chi connectivity index (χ2n) is 13.9. The highest BCUT2D eigenvalue weighted by Gasteiger charge is 2.62. The van der Waals surface area contributed by atoms with E-state index in [1.807, 2.05) is 37.3 Å². The number of hydrogen-bond donors (Lipinski definition) is 2. The summed E-state index contributed by atoms with van der Waals surface area (Å²) in [6, 6.07) is 5.67. The summed E-state index contributed by atoms with van der Waals surface area (Å²) in [6.45, 7) is 3.23. The van der Waals surface area contributed by atoms with Crippen molar-refractivity contribution in [2.75, 3.05) is 33.0 Å². The molecule has 0 unspecified atom stereocenters. The molecule has 5 atom stereocenters. The van der Waals surface area contributed by atoms with Crippen molar-refractivity contribution in [3.63, 3.8) is 0 Å². The topological polar surface area (TPSA) is 156 Å². The maximum atomic E-state index is 14.2. The molecule has 3 aliphatic carbocycles. The average molecular weight is 710 g/mol. The van der Waals surface area contributed by atoms with Crippen molar-refractivity contribution >= 4 is 55.5 Å². The van der Waals surface area contributed by atoms with Gasteiger partial charge in [0, 0.05) is 48.8 Å². The fraction of sp³-hybridized carbons (Fsp3) is 0.571. The number of ether oxygens (including phenoxy) is 2. The predicted octanol–water partition coefficient (Wildman–Crippen LogP) is 3.50. The summed E-state index contributed by atoms with van der Waals surface area (Å²) in [6.07, 6.45) is 7.70. The molecule has 262 valence electrons. The van der Waals surface area contributed by atoms with Gasteiger partial charge in [-0.05, 0) is 70.4 Å². The number of aryl methyl sites for hydroxylation is 1. The third-order valence-electron chi connectivity index (χ3n) is 10.5. The molecule has 3 saturated carbocycles.